The Morgan fingerprint density at radius 1 is 1.54 bits per heavy atom. The van der Waals surface area contributed by atoms with Crippen molar-refractivity contribution in [2.24, 2.45) is 0 Å². The molecule has 2 heteroatoms. The zero-order valence-electron chi connectivity index (χ0n) is 8.83. The van der Waals surface area contributed by atoms with E-state index in [2.05, 4.69) is 25.3 Å². The predicted molar refractivity (Wildman–Crippen MR) is 55.9 cm³/mol. The third-order valence-corrected chi connectivity index (χ3v) is 2.89. The molecule has 0 N–H and O–H groups in total. The maximum absolute atomic E-state index is 5.43. The van der Waals surface area contributed by atoms with Gasteiger partial charge in [-0.1, -0.05) is 19.9 Å². The first-order valence-corrected chi connectivity index (χ1v) is 5.29. The number of hydrogen-bond donors (Lipinski definition) is 0. The summed E-state index contributed by atoms with van der Waals surface area (Å²) in [7, 11) is 0. The average molecular weight is 183 g/mol. The van der Waals surface area contributed by atoms with Gasteiger partial charge in [-0.05, 0) is 12.8 Å². The van der Waals surface area contributed by atoms with Crippen molar-refractivity contribution in [2.45, 2.75) is 38.8 Å². The van der Waals surface area contributed by atoms with Gasteiger partial charge in [-0.15, -0.1) is 6.58 Å². The summed E-state index contributed by atoms with van der Waals surface area (Å²) in [4.78, 5) is 2.52. The lowest BCUT2D eigenvalue weighted by Gasteiger charge is -2.39. The number of ether oxygens (including phenoxy) is 1. The highest BCUT2D eigenvalue weighted by molar-refractivity contribution is 4.92. The number of morpholine rings is 1. The molecule has 1 aliphatic rings. The quantitative estimate of drug-likeness (QED) is 0.619. The van der Waals surface area contributed by atoms with Gasteiger partial charge in [0.1, 0.15) is 0 Å². The molecule has 1 atom stereocenters. The fourth-order valence-corrected chi connectivity index (χ4v) is 2.05. The van der Waals surface area contributed by atoms with E-state index < -0.39 is 0 Å². The standard InChI is InChI=1S/C11H21NO/c1-4-10(5-2)12-7-8-13-9-11(12)6-3/h6,10-11H,3-5,7-9H2,1-2H3. The van der Waals surface area contributed by atoms with Gasteiger partial charge < -0.3 is 4.74 Å². The summed E-state index contributed by atoms with van der Waals surface area (Å²) in [6.45, 7) is 11.1. The van der Waals surface area contributed by atoms with E-state index in [4.69, 9.17) is 4.74 Å². The van der Waals surface area contributed by atoms with Gasteiger partial charge >= 0.3 is 0 Å². The van der Waals surface area contributed by atoms with Crippen LogP contribution >= 0.6 is 0 Å². The Morgan fingerprint density at radius 3 is 2.77 bits per heavy atom. The Hall–Kier alpha value is -0.340. The maximum Gasteiger partial charge on any atom is 0.0658 e. The molecule has 0 amide bonds. The normalized spacial score (nSPS) is 25.0. The molecule has 0 aromatic rings. The van der Waals surface area contributed by atoms with E-state index >= 15 is 0 Å². The van der Waals surface area contributed by atoms with Crippen LogP contribution in [0.4, 0.5) is 0 Å². The fourth-order valence-electron chi connectivity index (χ4n) is 2.05. The van der Waals surface area contributed by atoms with E-state index in [-0.39, 0.29) is 0 Å². The minimum atomic E-state index is 0.429. The van der Waals surface area contributed by atoms with Crippen LogP contribution in [0.2, 0.25) is 0 Å². The van der Waals surface area contributed by atoms with Gasteiger partial charge in [-0.3, -0.25) is 4.90 Å². The molecule has 2 nitrogen and oxygen atoms in total. The van der Waals surface area contributed by atoms with Crippen molar-refractivity contribution in [2.75, 3.05) is 19.8 Å². The summed E-state index contributed by atoms with van der Waals surface area (Å²) in [5, 5.41) is 0. The van der Waals surface area contributed by atoms with E-state index in [1.54, 1.807) is 0 Å². The lowest BCUT2D eigenvalue weighted by atomic mass is 10.1. The van der Waals surface area contributed by atoms with Gasteiger partial charge in [-0.2, -0.15) is 0 Å². The van der Waals surface area contributed by atoms with Gasteiger partial charge in [0.2, 0.25) is 0 Å². The van der Waals surface area contributed by atoms with Crippen LogP contribution in [0.1, 0.15) is 26.7 Å². The molecule has 1 fully saturated rings. The van der Waals surface area contributed by atoms with Crippen LogP contribution < -0.4 is 0 Å². The molecule has 76 valence electrons. The molecule has 1 unspecified atom stereocenters. The van der Waals surface area contributed by atoms with Crippen LogP contribution in [0.5, 0.6) is 0 Å². The van der Waals surface area contributed by atoms with Crippen molar-refractivity contribution in [1.82, 2.24) is 4.90 Å². The van der Waals surface area contributed by atoms with Crippen molar-refractivity contribution in [1.29, 1.82) is 0 Å². The minimum absolute atomic E-state index is 0.429. The Labute approximate surface area is 81.6 Å². The molecular formula is C11H21NO. The minimum Gasteiger partial charge on any atom is -0.378 e. The Balaban J connectivity index is 2.56. The molecule has 0 saturated carbocycles. The fraction of sp³-hybridized carbons (Fsp3) is 0.818. The summed E-state index contributed by atoms with van der Waals surface area (Å²) in [5.41, 5.74) is 0. The zero-order chi connectivity index (χ0) is 9.68. The first kappa shape index (κ1) is 10.7. The Morgan fingerprint density at radius 2 is 2.23 bits per heavy atom. The summed E-state index contributed by atoms with van der Waals surface area (Å²) in [5.74, 6) is 0. The average Bonchev–Trinajstić information content (AvgIpc) is 2.20. The topological polar surface area (TPSA) is 12.5 Å². The first-order valence-electron chi connectivity index (χ1n) is 5.29. The van der Waals surface area contributed by atoms with Gasteiger partial charge in [0.05, 0.1) is 19.3 Å². The van der Waals surface area contributed by atoms with E-state index in [0.29, 0.717) is 12.1 Å². The molecule has 0 bridgehead atoms. The molecule has 1 aliphatic heterocycles. The van der Waals surface area contributed by atoms with E-state index in [1.807, 2.05) is 6.08 Å². The third kappa shape index (κ3) is 2.55. The van der Waals surface area contributed by atoms with Crippen LogP contribution in [0.3, 0.4) is 0 Å². The summed E-state index contributed by atoms with van der Waals surface area (Å²) in [6, 6.07) is 1.13. The molecule has 0 aromatic carbocycles. The predicted octanol–water partition coefficient (Wildman–Crippen LogP) is 2.06. The maximum atomic E-state index is 5.43. The summed E-state index contributed by atoms with van der Waals surface area (Å²) in [6.07, 6.45) is 4.46. The smallest absolute Gasteiger partial charge is 0.0658 e. The second kappa shape index (κ2) is 5.40. The molecule has 0 spiro atoms. The highest BCUT2D eigenvalue weighted by atomic mass is 16.5. The number of rotatable bonds is 4. The van der Waals surface area contributed by atoms with Crippen LogP contribution in [0.25, 0.3) is 0 Å². The number of hydrogen-bond acceptors (Lipinski definition) is 2. The zero-order valence-corrected chi connectivity index (χ0v) is 8.83. The lowest BCUT2D eigenvalue weighted by Crippen LogP contribution is -2.49. The molecule has 0 aromatic heterocycles. The van der Waals surface area contributed by atoms with Crippen LogP contribution in [0.15, 0.2) is 12.7 Å². The van der Waals surface area contributed by atoms with Crippen LogP contribution in [-0.4, -0.2) is 36.7 Å². The molecule has 1 heterocycles. The molecule has 0 aliphatic carbocycles. The van der Waals surface area contributed by atoms with Crippen molar-refractivity contribution in [3.05, 3.63) is 12.7 Å². The first-order chi connectivity index (χ1) is 6.33. The van der Waals surface area contributed by atoms with Crippen molar-refractivity contribution >= 4 is 0 Å². The van der Waals surface area contributed by atoms with E-state index in [1.165, 1.54) is 12.8 Å². The molecule has 1 saturated heterocycles. The van der Waals surface area contributed by atoms with Gasteiger partial charge in [0.25, 0.3) is 0 Å². The Bertz CT molecular complexity index is 154. The summed E-state index contributed by atoms with van der Waals surface area (Å²) < 4.78 is 5.43. The van der Waals surface area contributed by atoms with E-state index in [9.17, 15) is 0 Å². The highest BCUT2D eigenvalue weighted by Crippen LogP contribution is 2.16. The second-order valence-corrected chi connectivity index (χ2v) is 3.59. The van der Waals surface area contributed by atoms with Crippen LogP contribution in [0, 0.1) is 0 Å². The SMILES string of the molecule is C=CC1COCCN1C(CC)CC. The lowest BCUT2D eigenvalue weighted by molar-refractivity contribution is -0.0129. The summed E-state index contributed by atoms with van der Waals surface area (Å²) >= 11 is 0. The second-order valence-electron chi connectivity index (χ2n) is 3.59. The third-order valence-electron chi connectivity index (χ3n) is 2.89. The van der Waals surface area contributed by atoms with Crippen molar-refractivity contribution in [3.8, 4) is 0 Å². The molecule has 1 rings (SSSR count). The van der Waals surface area contributed by atoms with Crippen molar-refractivity contribution in [3.63, 3.8) is 0 Å². The van der Waals surface area contributed by atoms with Crippen LogP contribution in [-0.2, 0) is 4.74 Å². The Kier molecular flexibility index (Phi) is 4.46. The van der Waals surface area contributed by atoms with Gasteiger partial charge in [0, 0.05) is 12.6 Å². The largest absolute Gasteiger partial charge is 0.378 e. The van der Waals surface area contributed by atoms with Gasteiger partial charge in [0.15, 0.2) is 0 Å². The number of nitrogens with zero attached hydrogens (tertiary/aromatic N) is 1. The highest BCUT2D eigenvalue weighted by Gasteiger charge is 2.24. The molecule has 13 heavy (non-hydrogen) atoms. The molecule has 0 radical (unpaired) electrons. The van der Waals surface area contributed by atoms with Gasteiger partial charge in [-0.25, -0.2) is 0 Å². The monoisotopic (exact) mass is 183 g/mol. The van der Waals surface area contributed by atoms with E-state index in [0.717, 1.165) is 19.8 Å². The van der Waals surface area contributed by atoms with Crippen molar-refractivity contribution < 1.29 is 4.74 Å². The molecular weight excluding hydrogens is 162 g/mol.